The summed E-state index contributed by atoms with van der Waals surface area (Å²) in [6, 6.07) is 7.12. The fourth-order valence-corrected chi connectivity index (χ4v) is 4.13. The van der Waals surface area contributed by atoms with Crippen molar-refractivity contribution in [2.75, 3.05) is 66.5 Å². The van der Waals surface area contributed by atoms with Gasteiger partial charge in [-0.3, -0.25) is 9.89 Å². The summed E-state index contributed by atoms with van der Waals surface area (Å²) in [6.07, 6.45) is 0.0988. The zero-order chi connectivity index (χ0) is 20.1. The molecular weight excluding hydrogens is 350 g/mol. The first kappa shape index (κ1) is 21.1. The number of ether oxygens (including phenoxy) is 1. The van der Waals surface area contributed by atoms with Gasteiger partial charge in [0.25, 0.3) is 0 Å². The van der Waals surface area contributed by atoms with Crippen LogP contribution in [0, 0.1) is 13.8 Å². The number of aryl methyl sites for hydroxylation is 2. The lowest BCUT2D eigenvalue weighted by molar-refractivity contribution is -0.00840. The summed E-state index contributed by atoms with van der Waals surface area (Å²) < 4.78 is 6.13. The fourth-order valence-electron chi connectivity index (χ4n) is 4.13. The van der Waals surface area contributed by atoms with E-state index in [1.165, 1.54) is 16.7 Å². The number of hydrogen-bond donors (Lipinski definition) is 1. The van der Waals surface area contributed by atoms with Gasteiger partial charge in [0.05, 0.1) is 19.7 Å². The number of morpholine rings is 1. The molecule has 2 aliphatic heterocycles. The van der Waals surface area contributed by atoms with Gasteiger partial charge in [0, 0.05) is 38.8 Å². The van der Waals surface area contributed by atoms with Gasteiger partial charge >= 0.3 is 0 Å². The zero-order valence-electron chi connectivity index (χ0n) is 18.2. The van der Waals surface area contributed by atoms with Gasteiger partial charge < -0.3 is 19.9 Å². The van der Waals surface area contributed by atoms with E-state index in [0.717, 1.165) is 58.4 Å². The molecule has 2 fully saturated rings. The Bertz CT molecular complexity index is 677. The highest BCUT2D eigenvalue weighted by Crippen LogP contribution is 2.26. The van der Waals surface area contributed by atoms with Crippen LogP contribution in [0.4, 0.5) is 0 Å². The van der Waals surface area contributed by atoms with Gasteiger partial charge in [-0.25, -0.2) is 0 Å². The number of likely N-dealkylation sites (N-methyl/N-ethyl adjacent to an activating group) is 2. The number of guanidine groups is 1. The van der Waals surface area contributed by atoms with E-state index >= 15 is 0 Å². The lowest BCUT2D eigenvalue weighted by atomic mass is 10.00. The van der Waals surface area contributed by atoms with Gasteiger partial charge in [-0.1, -0.05) is 23.8 Å². The number of nitrogens with zero attached hydrogens (tertiary/aromatic N) is 4. The second kappa shape index (κ2) is 9.72. The van der Waals surface area contributed by atoms with Crippen molar-refractivity contribution in [3.05, 3.63) is 34.9 Å². The molecule has 1 aromatic rings. The molecular formula is C22H37N5O. The predicted molar refractivity (Wildman–Crippen MR) is 116 cm³/mol. The highest BCUT2D eigenvalue weighted by atomic mass is 16.5. The number of benzene rings is 1. The Morgan fingerprint density at radius 2 is 2.00 bits per heavy atom. The Morgan fingerprint density at radius 1 is 1.18 bits per heavy atom. The molecule has 2 heterocycles. The van der Waals surface area contributed by atoms with E-state index in [4.69, 9.17) is 9.73 Å². The molecule has 2 aliphatic rings. The van der Waals surface area contributed by atoms with Crippen LogP contribution in [-0.2, 0) is 4.74 Å². The SMILES string of the molecule is CCNC(=NCC1CN(C)CCN1C)N1CCOC(c2ccc(C)cc2C)C1. The zero-order valence-corrected chi connectivity index (χ0v) is 18.2. The van der Waals surface area contributed by atoms with Crippen LogP contribution >= 0.6 is 0 Å². The van der Waals surface area contributed by atoms with Gasteiger partial charge in [-0.15, -0.1) is 0 Å². The first-order valence-corrected chi connectivity index (χ1v) is 10.6. The Hall–Kier alpha value is -1.63. The van der Waals surface area contributed by atoms with Gasteiger partial charge in [0.1, 0.15) is 6.10 Å². The van der Waals surface area contributed by atoms with Crippen LogP contribution in [0.25, 0.3) is 0 Å². The molecule has 2 atom stereocenters. The second-order valence-corrected chi connectivity index (χ2v) is 8.26. The largest absolute Gasteiger partial charge is 0.370 e. The monoisotopic (exact) mass is 387 g/mol. The summed E-state index contributed by atoms with van der Waals surface area (Å²) in [7, 11) is 4.41. The normalized spacial score (nSPS) is 25.2. The van der Waals surface area contributed by atoms with Crippen LogP contribution < -0.4 is 5.32 Å². The Labute approximate surface area is 170 Å². The van der Waals surface area contributed by atoms with Crippen molar-refractivity contribution < 1.29 is 4.74 Å². The van der Waals surface area contributed by atoms with Crippen LogP contribution in [0.15, 0.2) is 23.2 Å². The van der Waals surface area contributed by atoms with E-state index in [1.807, 2.05) is 0 Å². The lowest BCUT2D eigenvalue weighted by Crippen LogP contribution is -2.52. The first-order valence-electron chi connectivity index (χ1n) is 10.6. The second-order valence-electron chi connectivity index (χ2n) is 8.26. The van der Waals surface area contributed by atoms with Gasteiger partial charge in [0.15, 0.2) is 5.96 Å². The van der Waals surface area contributed by atoms with Crippen molar-refractivity contribution in [2.45, 2.75) is 32.9 Å². The number of rotatable bonds is 4. The van der Waals surface area contributed by atoms with E-state index in [2.05, 4.69) is 73.1 Å². The van der Waals surface area contributed by atoms with E-state index in [9.17, 15) is 0 Å². The molecule has 28 heavy (non-hydrogen) atoms. The lowest BCUT2D eigenvalue weighted by Gasteiger charge is -2.38. The molecule has 6 heteroatoms. The standard InChI is InChI=1S/C22H37N5O/c1-6-23-22(24-14-19-15-25(4)9-10-26(19)5)27-11-12-28-21(16-27)20-8-7-17(2)13-18(20)3/h7-8,13,19,21H,6,9-12,14-16H2,1-5H3,(H,23,24). The molecule has 0 saturated carbocycles. The molecule has 156 valence electrons. The van der Waals surface area contributed by atoms with Crippen molar-refractivity contribution in [2.24, 2.45) is 4.99 Å². The van der Waals surface area contributed by atoms with E-state index in [-0.39, 0.29) is 6.10 Å². The van der Waals surface area contributed by atoms with Crippen LogP contribution in [0.2, 0.25) is 0 Å². The molecule has 1 N–H and O–H groups in total. The predicted octanol–water partition coefficient (Wildman–Crippen LogP) is 1.89. The molecule has 0 aromatic heterocycles. The van der Waals surface area contributed by atoms with Crippen molar-refractivity contribution in [1.29, 1.82) is 0 Å². The third-order valence-electron chi connectivity index (χ3n) is 5.91. The molecule has 6 nitrogen and oxygen atoms in total. The summed E-state index contributed by atoms with van der Waals surface area (Å²) in [4.78, 5) is 12.2. The smallest absolute Gasteiger partial charge is 0.194 e. The average molecular weight is 388 g/mol. The third-order valence-corrected chi connectivity index (χ3v) is 5.91. The minimum absolute atomic E-state index is 0.0988. The molecule has 0 bridgehead atoms. The van der Waals surface area contributed by atoms with Crippen LogP contribution in [-0.4, -0.2) is 93.2 Å². The summed E-state index contributed by atoms with van der Waals surface area (Å²) >= 11 is 0. The van der Waals surface area contributed by atoms with Crippen molar-refractivity contribution in [3.8, 4) is 0 Å². The third kappa shape index (κ3) is 5.25. The topological polar surface area (TPSA) is 43.3 Å². The Balaban J connectivity index is 1.70. The molecule has 2 saturated heterocycles. The Kier molecular flexibility index (Phi) is 7.32. The average Bonchev–Trinajstić information content (AvgIpc) is 2.67. The van der Waals surface area contributed by atoms with Gasteiger partial charge in [-0.2, -0.15) is 0 Å². The molecule has 0 aliphatic carbocycles. The maximum atomic E-state index is 6.13. The highest BCUT2D eigenvalue weighted by molar-refractivity contribution is 5.80. The minimum atomic E-state index is 0.0988. The fraction of sp³-hybridized carbons (Fsp3) is 0.682. The highest BCUT2D eigenvalue weighted by Gasteiger charge is 2.26. The number of piperazine rings is 1. The summed E-state index contributed by atoms with van der Waals surface area (Å²) in [5, 5.41) is 3.50. The molecule has 1 aromatic carbocycles. The molecule has 0 radical (unpaired) electrons. The summed E-state index contributed by atoms with van der Waals surface area (Å²) in [5.41, 5.74) is 3.89. The van der Waals surface area contributed by atoms with Crippen molar-refractivity contribution in [3.63, 3.8) is 0 Å². The molecule has 0 amide bonds. The maximum Gasteiger partial charge on any atom is 0.194 e. The molecule has 2 unspecified atom stereocenters. The van der Waals surface area contributed by atoms with E-state index < -0.39 is 0 Å². The van der Waals surface area contributed by atoms with E-state index in [0.29, 0.717) is 6.04 Å². The first-order chi connectivity index (χ1) is 13.5. The summed E-state index contributed by atoms with van der Waals surface area (Å²) in [6.45, 7) is 13.9. The van der Waals surface area contributed by atoms with Gasteiger partial charge in [-0.05, 0) is 46.0 Å². The van der Waals surface area contributed by atoms with Crippen LogP contribution in [0.3, 0.4) is 0 Å². The number of aliphatic imine (C=N–C) groups is 1. The maximum absolute atomic E-state index is 6.13. The van der Waals surface area contributed by atoms with Crippen LogP contribution in [0.5, 0.6) is 0 Å². The van der Waals surface area contributed by atoms with Crippen molar-refractivity contribution in [1.82, 2.24) is 20.0 Å². The minimum Gasteiger partial charge on any atom is -0.370 e. The van der Waals surface area contributed by atoms with Crippen LogP contribution in [0.1, 0.15) is 29.7 Å². The molecule has 3 rings (SSSR count). The number of nitrogens with one attached hydrogen (secondary N) is 1. The van der Waals surface area contributed by atoms with Gasteiger partial charge in [0.2, 0.25) is 0 Å². The summed E-state index contributed by atoms with van der Waals surface area (Å²) in [5.74, 6) is 1.02. The Morgan fingerprint density at radius 3 is 2.75 bits per heavy atom. The molecule has 0 spiro atoms. The number of hydrogen-bond acceptors (Lipinski definition) is 4. The van der Waals surface area contributed by atoms with Crippen molar-refractivity contribution >= 4 is 5.96 Å². The quantitative estimate of drug-likeness (QED) is 0.631. The van der Waals surface area contributed by atoms with E-state index in [1.54, 1.807) is 0 Å².